The molecule has 0 saturated heterocycles. The predicted octanol–water partition coefficient (Wildman–Crippen LogP) is 3.03. The van der Waals surface area contributed by atoms with E-state index in [2.05, 4.69) is 20.8 Å². The Hall–Kier alpha value is -1.31. The molecule has 1 atom stereocenters. The molecule has 8 heteroatoms. The van der Waals surface area contributed by atoms with Crippen molar-refractivity contribution in [3.05, 3.63) is 34.9 Å². The van der Waals surface area contributed by atoms with Crippen molar-refractivity contribution in [2.75, 3.05) is 12.4 Å². The normalized spacial score (nSPS) is 12.0. The van der Waals surface area contributed by atoms with E-state index in [4.69, 9.17) is 11.6 Å². The van der Waals surface area contributed by atoms with Crippen LogP contribution in [0.15, 0.2) is 28.6 Å². The van der Waals surface area contributed by atoms with Crippen LogP contribution in [0.4, 0.5) is 5.13 Å². The Kier molecular flexibility index (Phi) is 5.84. The number of nitrogens with one attached hydrogen (secondary N) is 2. The van der Waals surface area contributed by atoms with Crippen LogP contribution < -0.4 is 10.6 Å². The largest absolute Gasteiger partial charge is 0.363 e. The summed E-state index contributed by atoms with van der Waals surface area (Å²) >= 11 is 8.87. The summed E-state index contributed by atoms with van der Waals surface area (Å²) in [5, 5.41) is 14.9. The summed E-state index contributed by atoms with van der Waals surface area (Å²) in [5.41, 5.74) is 0.901. The number of carbonyl (C=O) groups excluding carboxylic acids is 1. The van der Waals surface area contributed by atoms with Crippen LogP contribution in [0.25, 0.3) is 0 Å². The molecular weight excluding hydrogens is 328 g/mol. The SMILES string of the molecule is CNc1nnc(S[C@H](C)C(=O)NCc2ccccc2Cl)s1. The van der Waals surface area contributed by atoms with E-state index < -0.39 is 0 Å². The molecule has 112 valence electrons. The van der Waals surface area contributed by atoms with Crippen LogP contribution in [0, 0.1) is 0 Å². The molecular formula is C13H15ClN4OS2. The van der Waals surface area contributed by atoms with Crippen LogP contribution in [0.1, 0.15) is 12.5 Å². The van der Waals surface area contributed by atoms with Crippen LogP contribution in [0.3, 0.4) is 0 Å². The average Bonchev–Trinajstić information content (AvgIpc) is 2.93. The van der Waals surface area contributed by atoms with E-state index in [9.17, 15) is 4.79 Å². The highest BCUT2D eigenvalue weighted by molar-refractivity contribution is 8.02. The van der Waals surface area contributed by atoms with Crippen LogP contribution in [0.2, 0.25) is 5.02 Å². The minimum atomic E-state index is -0.245. The number of aromatic nitrogens is 2. The van der Waals surface area contributed by atoms with Crippen molar-refractivity contribution in [2.45, 2.75) is 23.1 Å². The van der Waals surface area contributed by atoms with Crippen molar-refractivity contribution in [1.29, 1.82) is 0 Å². The van der Waals surface area contributed by atoms with Gasteiger partial charge in [0.25, 0.3) is 0 Å². The minimum Gasteiger partial charge on any atom is -0.363 e. The van der Waals surface area contributed by atoms with Crippen molar-refractivity contribution in [1.82, 2.24) is 15.5 Å². The molecule has 0 aliphatic rings. The number of anilines is 1. The fraction of sp³-hybridized carbons (Fsp3) is 0.308. The van der Waals surface area contributed by atoms with Crippen LogP contribution >= 0.6 is 34.7 Å². The first-order valence-electron chi connectivity index (χ1n) is 6.29. The van der Waals surface area contributed by atoms with Crippen LogP contribution in [-0.4, -0.2) is 28.4 Å². The third-order valence-electron chi connectivity index (χ3n) is 2.68. The van der Waals surface area contributed by atoms with Crippen molar-refractivity contribution in [3.8, 4) is 0 Å². The summed E-state index contributed by atoms with van der Waals surface area (Å²) < 4.78 is 0.764. The van der Waals surface area contributed by atoms with Gasteiger partial charge in [0.1, 0.15) is 0 Å². The third-order valence-corrected chi connectivity index (χ3v) is 5.17. The zero-order chi connectivity index (χ0) is 15.2. The zero-order valence-corrected chi connectivity index (χ0v) is 14.0. The molecule has 21 heavy (non-hydrogen) atoms. The Balaban J connectivity index is 1.86. The Morgan fingerprint density at radius 1 is 1.43 bits per heavy atom. The molecule has 0 aliphatic carbocycles. The molecule has 1 amide bonds. The molecule has 5 nitrogen and oxygen atoms in total. The number of thioether (sulfide) groups is 1. The summed E-state index contributed by atoms with van der Waals surface area (Å²) in [6, 6.07) is 7.46. The highest BCUT2D eigenvalue weighted by atomic mass is 35.5. The lowest BCUT2D eigenvalue weighted by atomic mass is 10.2. The second-order valence-corrected chi connectivity index (χ2v) is 7.17. The number of rotatable bonds is 6. The highest BCUT2D eigenvalue weighted by Crippen LogP contribution is 2.28. The lowest BCUT2D eigenvalue weighted by Gasteiger charge is -2.11. The monoisotopic (exact) mass is 342 g/mol. The smallest absolute Gasteiger partial charge is 0.233 e. The van der Waals surface area contributed by atoms with Gasteiger partial charge in [-0.25, -0.2) is 0 Å². The number of benzene rings is 1. The lowest BCUT2D eigenvalue weighted by molar-refractivity contribution is -0.120. The third kappa shape index (κ3) is 4.59. The number of nitrogens with zero attached hydrogens (tertiary/aromatic N) is 2. The molecule has 0 unspecified atom stereocenters. The Morgan fingerprint density at radius 3 is 2.86 bits per heavy atom. The van der Waals surface area contributed by atoms with Gasteiger partial charge in [-0.15, -0.1) is 10.2 Å². The molecule has 0 fully saturated rings. The summed E-state index contributed by atoms with van der Waals surface area (Å²) in [4.78, 5) is 12.1. The van der Waals surface area contributed by atoms with Gasteiger partial charge < -0.3 is 10.6 Å². The maximum absolute atomic E-state index is 12.1. The molecule has 1 aromatic heterocycles. The molecule has 1 aromatic carbocycles. The summed E-state index contributed by atoms with van der Waals surface area (Å²) in [6.45, 7) is 2.26. The Morgan fingerprint density at radius 2 is 2.19 bits per heavy atom. The van der Waals surface area contributed by atoms with Crippen molar-refractivity contribution < 1.29 is 4.79 Å². The first-order valence-corrected chi connectivity index (χ1v) is 8.36. The number of carbonyl (C=O) groups is 1. The van der Waals surface area contributed by atoms with Gasteiger partial charge in [-0.3, -0.25) is 4.79 Å². The number of halogens is 1. The number of amides is 1. The maximum Gasteiger partial charge on any atom is 0.233 e. The van der Waals surface area contributed by atoms with E-state index in [0.29, 0.717) is 11.6 Å². The predicted molar refractivity (Wildman–Crippen MR) is 88.1 cm³/mol. The molecule has 1 heterocycles. The zero-order valence-electron chi connectivity index (χ0n) is 11.6. The van der Waals surface area contributed by atoms with Gasteiger partial charge in [0.15, 0.2) is 4.34 Å². The lowest BCUT2D eigenvalue weighted by Crippen LogP contribution is -2.30. The van der Waals surface area contributed by atoms with E-state index in [1.807, 2.05) is 31.2 Å². The maximum atomic E-state index is 12.1. The molecule has 2 aromatic rings. The molecule has 2 N–H and O–H groups in total. The average molecular weight is 343 g/mol. The van der Waals surface area contributed by atoms with Crippen LogP contribution in [-0.2, 0) is 11.3 Å². The molecule has 0 saturated carbocycles. The van der Waals surface area contributed by atoms with Gasteiger partial charge >= 0.3 is 0 Å². The first kappa shape index (κ1) is 16.1. The fourth-order valence-electron chi connectivity index (χ4n) is 1.53. The van der Waals surface area contributed by atoms with Gasteiger partial charge in [0, 0.05) is 18.6 Å². The van der Waals surface area contributed by atoms with Crippen molar-refractivity contribution in [2.24, 2.45) is 0 Å². The summed E-state index contributed by atoms with van der Waals surface area (Å²) in [5.74, 6) is -0.0545. The molecule has 0 spiro atoms. The van der Waals surface area contributed by atoms with Crippen molar-refractivity contribution in [3.63, 3.8) is 0 Å². The van der Waals surface area contributed by atoms with E-state index in [0.717, 1.165) is 15.0 Å². The second-order valence-electron chi connectivity index (χ2n) is 4.19. The van der Waals surface area contributed by atoms with Gasteiger partial charge in [0.2, 0.25) is 11.0 Å². The molecule has 0 bridgehead atoms. The highest BCUT2D eigenvalue weighted by Gasteiger charge is 2.17. The van der Waals surface area contributed by atoms with E-state index in [-0.39, 0.29) is 11.2 Å². The number of hydrogen-bond acceptors (Lipinski definition) is 6. The second kappa shape index (κ2) is 7.63. The van der Waals surface area contributed by atoms with Gasteiger partial charge in [0.05, 0.1) is 5.25 Å². The van der Waals surface area contributed by atoms with E-state index in [1.165, 1.54) is 23.1 Å². The summed E-state index contributed by atoms with van der Waals surface area (Å²) in [7, 11) is 1.79. The standard InChI is InChI=1S/C13H15ClN4OS2/c1-8(20-13-18-17-12(15-2)21-13)11(19)16-7-9-5-3-4-6-10(9)14/h3-6,8H,7H2,1-2H3,(H,15,17)(H,16,19)/t8-/m1/s1. The Bertz CT molecular complexity index is 620. The van der Waals surface area contributed by atoms with Crippen molar-refractivity contribution >= 4 is 45.7 Å². The van der Waals surface area contributed by atoms with Gasteiger partial charge in [-0.2, -0.15) is 0 Å². The van der Waals surface area contributed by atoms with E-state index >= 15 is 0 Å². The first-order chi connectivity index (χ1) is 10.1. The quantitative estimate of drug-likeness (QED) is 0.790. The summed E-state index contributed by atoms with van der Waals surface area (Å²) in [6.07, 6.45) is 0. The van der Waals surface area contributed by atoms with Gasteiger partial charge in [-0.1, -0.05) is 52.9 Å². The van der Waals surface area contributed by atoms with E-state index in [1.54, 1.807) is 7.05 Å². The number of hydrogen-bond donors (Lipinski definition) is 2. The fourth-order valence-corrected chi connectivity index (χ4v) is 3.61. The topological polar surface area (TPSA) is 66.9 Å². The molecule has 2 rings (SSSR count). The Labute approximate surface area is 136 Å². The van der Waals surface area contributed by atoms with Gasteiger partial charge in [-0.05, 0) is 18.6 Å². The van der Waals surface area contributed by atoms with Crippen LogP contribution in [0.5, 0.6) is 0 Å². The molecule has 0 aliphatic heterocycles. The minimum absolute atomic E-state index is 0.0545. The molecule has 0 radical (unpaired) electrons.